The molecule has 1 aliphatic rings. The molecule has 2 N–H and O–H groups in total. The van der Waals surface area contributed by atoms with Crippen LogP contribution in [0.15, 0.2) is 18.2 Å². The zero-order valence-corrected chi connectivity index (χ0v) is 19.0. The molecular formula is C19H24BCl2N3O6. The summed E-state index contributed by atoms with van der Waals surface area (Å²) >= 11 is 11.9. The molecule has 1 atom stereocenters. The number of hydrogen-bond donors (Lipinski definition) is 2. The summed E-state index contributed by atoms with van der Waals surface area (Å²) in [7, 11) is 0.425. The largest absolute Gasteiger partial charge is 0.517 e. The summed E-state index contributed by atoms with van der Waals surface area (Å²) in [5, 5.41) is 5.81. The lowest BCUT2D eigenvalue weighted by Crippen LogP contribution is -2.56. The Morgan fingerprint density at radius 3 is 2.65 bits per heavy atom. The number of esters is 1. The van der Waals surface area contributed by atoms with E-state index < -0.39 is 36.7 Å². The van der Waals surface area contributed by atoms with Crippen molar-refractivity contribution < 1.29 is 28.6 Å². The maximum Gasteiger partial charge on any atom is 0.475 e. The van der Waals surface area contributed by atoms with Gasteiger partial charge in [0, 0.05) is 5.02 Å². The monoisotopic (exact) mass is 471 g/mol. The molecule has 12 heteroatoms. The number of nitrogens with one attached hydrogen (secondary N) is 2. The van der Waals surface area contributed by atoms with Crippen molar-refractivity contribution in [3.63, 3.8) is 0 Å². The van der Waals surface area contributed by atoms with E-state index in [1.165, 1.54) is 24.1 Å². The average molecular weight is 472 g/mol. The predicted molar refractivity (Wildman–Crippen MR) is 116 cm³/mol. The second-order valence-corrected chi connectivity index (χ2v) is 8.32. The molecule has 1 aromatic rings. The maximum absolute atomic E-state index is 12.5. The number of nitrogens with zero attached hydrogens (tertiary/aromatic N) is 1. The molecule has 0 aromatic heterocycles. The van der Waals surface area contributed by atoms with Crippen LogP contribution in [0.3, 0.4) is 0 Å². The summed E-state index contributed by atoms with van der Waals surface area (Å²) in [6, 6.07) is 4.44. The first-order valence-corrected chi connectivity index (χ1v) is 10.4. The molecule has 0 radical (unpaired) electrons. The Morgan fingerprint density at radius 2 is 2.00 bits per heavy atom. The molecule has 1 aromatic carbocycles. The maximum atomic E-state index is 12.5. The van der Waals surface area contributed by atoms with Gasteiger partial charge in [0.2, 0.25) is 5.91 Å². The molecule has 0 spiro atoms. The van der Waals surface area contributed by atoms with Crippen molar-refractivity contribution in [2.45, 2.75) is 26.2 Å². The number of rotatable bonds is 9. The van der Waals surface area contributed by atoms with Crippen LogP contribution in [0.1, 0.15) is 30.6 Å². The Labute approximate surface area is 190 Å². The van der Waals surface area contributed by atoms with Crippen LogP contribution in [0.5, 0.6) is 0 Å². The van der Waals surface area contributed by atoms with Gasteiger partial charge in [0.25, 0.3) is 5.91 Å². The SMILES string of the molecule is COC(=O)CN1CC(=O)OB1[C@H](CC(C)C)NC(=O)CNC(=O)c1cc(Cl)ccc1Cl. The van der Waals surface area contributed by atoms with Gasteiger partial charge in [-0.15, -0.1) is 0 Å². The van der Waals surface area contributed by atoms with Crippen LogP contribution in [-0.4, -0.2) is 68.3 Å². The molecule has 2 amide bonds. The molecule has 0 aliphatic carbocycles. The Kier molecular flexibility index (Phi) is 9.15. The third-order valence-electron chi connectivity index (χ3n) is 4.50. The zero-order chi connectivity index (χ0) is 23.1. The van der Waals surface area contributed by atoms with Crippen LogP contribution in [0.4, 0.5) is 0 Å². The molecule has 168 valence electrons. The number of amides is 2. The lowest BCUT2D eigenvalue weighted by Gasteiger charge is -2.27. The van der Waals surface area contributed by atoms with E-state index in [0.29, 0.717) is 11.4 Å². The average Bonchev–Trinajstić information content (AvgIpc) is 3.06. The highest BCUT2D eigenvalue weighted by Gasteiger charge is 2.45. The molecule has 1 fully saturated rings. The zero-order valence-electron chi connectivity index (χ0n) is 17.4. The van der Waals surface area contributed by atoms with Crippen molar-refractivity contribution in [1.29, 1.82) is 0 Å². The lowest BCUT2D eigenvalue weighted by molar-refractivity contribution is -0.140. The van der Waals surface area contributed by atoms with Gasteiger partial charge in [-0.1, -0.05) is 37.0 Å². The van der Waals surface area contributed by atoms with Crippen molar-refractivity contribution in [1.82, 2.24) is 15.4 Å². The number of halogens is 2. The highest BCUT2D eigenvalue weighted by atomic mass is 35.5. The molecule has 0 saturated carbocycles. The third kappa shape index (κ3) is 7.41. The van der Waals surface area contributed by atoms with Crippen LogP contribution in [0, 0.1) is 5.92 Å². The van der Waals surface area contributed by atoms with Gasteiger partial charge >= 0.3 is 19.0 Å². The van der Waals surface area contributed by atoms with E-state index in [2.05, 4.69) is 15.4 Å². The molecule has 1 saturated heterocycles. The van der Waals surface area contributed by atoms with Gasteiger partial charge in [0.05, 0.1) is 43.3 Å². The normalized spacial score (nSPS) is 14.9. The molecular weight excluding hydrogens is 448 g/mol. The van der Waals surface area contributed by atoms with E-state index >= 15 is 0 Å². The first-order valence-electron chi connectivity index (χ1n) is 9.63. The van der Waals surface area contributed by atoms with Crippen LogP contribution >= 0.6 is 23.2 Å². The molecule has 0 bridgehead atoms. The summed E-state index contributed by atoms with van der Waals surface area (Å²) in [6.07, 6.45) is 0.482. The van der Waals surface area contributed by atoms with Gasteiger partial charge in [-0.2, -0.15) is 0 Å². The van der Waals surface area contributed by atoms with Crippen molar-refractivity contribution in [2.75, 3.05) is 26.7 Å². The van der Waals surface area contributed by atoms with E-state index in [1.54, 1.807) is 6.07 Å². The van der Waals surface area contributed by atoms with E-state index in [-0.39, 0.29) is 36.1 Å². The third-order valence-corrected chi connectivity index (χ3v) is 5.07. The smallest absolute Gasteiger partial charge is 0.475 e. The van der Waals surface area contributed by atoms with Crippen molar-refractivity contribution in [3.8, 4) is 0 Å². The minimum Gasteiger partial charge on any atom is -0.517 e. The van der Waals surface area contributed by atoms with Gasteiger partial charge < -0.3 is 20.0 Å². The molecule has 0 unspecified atom stereocenters. The van der Waals surface area contributed by atoms with Crippen molar-refractivity contribution in [3.05, 3.63) is 33.8 Å². The summed E-state index contributed by atoms with van der Waals surface area (Å²) in [5.74, 6) is -2.50. The molecule has 31 heavy (non-hydrogen) atoms. The highest BCUT2D eigenvalue weighted by Crippen LogP contribution is 2.20. The van der Waals surface area contributed by atoms with Crippen LogP contribution in [-0.2, 0) is 23.8 Å². The molecule has 9 nitrogen and oxygen atoms in total. The van der Waals surface area contributed by atoms with Gasteiger partial charge in [0.15, 0.2) is 0 Å². The van der Waals surface area contributed by atoms with E-state index in [1.807, 2.05) is 13.8 Å². The standard InChI is InChI=1S/C19H24BCl2N3O6/c1-11(2)6-15(20-25(9-17(27)30-3)10-18(28)31-20)24-16(26)8-23-19(29)13-7-12(21)4-5-14(13)22/h4-5,7,11,15H,6,8-10H2,1-3H3,(H,23,29)(H,24,26)/t15-/m0/s1. The minimum absolute atomic E-state index is 0.0891. The van der Waals surface area contributed by atoms with Crippen LogP contribution in [0.25, 0.3) is 0 Å². The van der Waals surface area contributed by atoms with Gasteiger partial charge in [-0.3, -0.25) is 24.0 Å². The summed E-state index contributed by atoms with van der Waals surface area (Å²) < 4.78 is 10.0. The van der Waals surface area contributed by atoms with Crippen molar-refractivity contribution in [2.24, 2.45) is 5.92 Å². The Morgan fingerprint density at radius 1 is 1.29 bits per heavy atom. The van der Waals surface area contributed by atoms with Gasteiger partial charge in [0.1, 0.15) is 0 Å². The first kappa shape index (κ1) is 25.0. The van der Waals surface area contributed by atoms with E-state index in [9.17, 15) is 19.2 Å². The topological polar surface area (TPSA) is 114 Å². The quantitative estimate of drug-likeness (QED) is 0.412. The summed E-state index contributed by atoms with van der Waals surface area (Å²) in [5.41, 5.74) is 0.148. The summed E-state index contributed by atoms with van der Waals surface area (Å²) in [6.45, 7) is 3.33. The van der Waals surface area contributed by atoms with Gasteiger partial charge in [-0.25, -0.2) is 0 Å². The van der Waals surface area contributed by atoms with Crippen LogP contribution < -0.4 is 10.6 Å². The molecule has 1 heterocycles. The summed E-state index contributed by atoms with van der Waals surface area (Å²) in [4.78, 5) is 49.8. The number of carbonyl (C=O) groups is 4. The number of carbonyl (C=O) groups excluding carboxylic acids is 4. The predicted octanol–water partition coefficient (Wildman–Crippen LogP) is 1.31. The first-order chi connectivity index (χ1) is 14.6. The molecule has 2 rings (SSSR count). The van der Waals surface area contributed by atoms with Crippen molar-refractivity contribution >= 4 is 54.0 Å². The van der Waals surface area contributed by atoms with Gasteiger partial charge in [-0.05, 0) is 30.5 Å². The second kappa shape index (κ2) is 11.4. The second-order valence-electron chi connectivity index (χ2n) is 7.47. The van der Waals surface area contributed by atoms with Crippen LogP contribution in [0.2, 0.25) is 10.0 Å². The lowest BCUT2D eigenvalue weighted by atomic mass is 9.68. The van der Waals surface area contributed by atoms with E-state index in [0.717, 1.165) is 0 Å². The Bertz CT molecular complexity index is 854. The highest BCUT2D eigenvalue weighted by molar-refractivity contribution is 6.55. The Balaban J connectivity index is 2.03. The fourth-order valence-corrected chi connectivity index (χ4v) is 3.53. The van der Waals surface area contributed by atoms with E-state index in [4.69, 9.17) is 27.9 Å². The number of methoxy groups -OCH3 is 1. The minimum atomic E-state index is -0.823. The fraction of sp³-hybridized carbons (Fsp3) is 0.474. The number of benzene rings is 1. The Hall–Kier alpha value is -2.30. The molecule has 1 aliphatic heterocycles. The number of ether oxygens (including phenoxy) is 1. The fourth-order valence-electron chi connectivity index (χ4n) is 3.15. The number of hydrogen-bond acceptors (Lipinski definition) is 7.